The number of aromatic nitrogens is 3. The summed E-state index contributed by atoms with van der Waals surface area (Å²) in [6, 6.07) is 8.59. The highest BCUT2D eigenvalue weighted by Gasteiger charge is 2.35. The zero-order valence-electron chi connectivity index (χ0n) is 19.5. The lowest BCUT2D eigenvalue weighted by Crippen LogP contribution is -2.36. The standard InChI is InChI=1S/C23H30N4O6S/c1-23(28,16-8-4-5-9-16)13-15-34(29,30)26-22-25-24-21(19-12-7-14-33-19)27(22)20-17(31-2)10-6-11-18(20)32-3/h6-7,10-12,14,16,28H,4-5,8-9,13,15H2,1-3H3,(H,25,26)/t23-/m0/s1. The van der Waals surface area contributed by atoms with Crippen molar-refractivity contribution in [3.05, 3.63) is 36.6 Å². The molecule has 0 bridgehead atoms. The molecule has 1 saturated carbocycles. The van der Waals surface area contributed by atoms with Crippen molar-refractivity contribution in [1.29, 1.82) is 0 Å². The number of para-hydroxylation sites is 1. The highest BCUT2D eigenvalue weighted by Crippen LogP contribution is 2.38. The van der Waals surface area contributed by atoms with Crippen LogP contribution in [-0.2, 0) is 10.0 Å². The molecule has 10 nitrogen and oxygen atoms in total. The van der Waals surface area contributed by atoms with Crippen LogP contribution in [0.25, 0.3) is 17.3 Å². The molecule has 4 rings (SSSR count). The molecular weight excluding hydrogens is 460 g/mol. The third-order valence-corrected chi connectivity index (χ3v) is 7.62. The van der Waals surface area contributed by atoms with E-state index >= 15 is 0 Å². The number of methoxy groups -OCH3 is 2. The van der Waals surface area contributed by atoms with Gasteiger partial charge in [0, 0.05) is 0 Å². The summed E-state index contributed by atoms with van der Waals surface area (Å²) in [5, 5.41) is 19.1. The first-order valence-electron chi connectivity index (χ1n) is 11.2. The number of rotatable bonds is 10. The molecule has 3 aromatic rings. The van der Waals surface area contributed by atoms with Crippen LogP contribution in [0.2, 0.25) is 0 Å². The maximum Gasteiger partial charge on any atom is 0.243 e. The van der Waals surface area contributed by atoms with E-state index in [-0.39, 0.29) is 29.9 Å². The topological polar surface area (TPSA) is 129 Å². The number of sulfonamides is 1. The summed E-state index contributed by atoms with van der Waals surface area (Å²) in [5.41, 5.74) is -0.635. The van der Waals surface area contributed by atoms with Crippen LogP contribution < -0.4 is 14.2 Å². The van der Waals surface area contributed by atoms with Crippen LogP contribution in [0.3, 0.4) is 0 Å². The van der Waals surface area contributed by atoms with Crippen molar-refractivity contribution in [1.82, 2.24) is 14.8 Å². The maximum atomic E-state index is 13.1. The molecule has 0 radical (unpaired) electrons. The number of anilines is 1. The van der Waals surface area contributed by atoms with Gasteiger partial charge in [-0.05, 0) is 56.4 Å². The number of aliphatic hydroxyl groups is 1. The molecule has 1 fully saturated rings. The Bertz CT molecular complexity index is 1190. The number of nitrogens with one attached hydrogen (secondary N) is 1. The van der Waals surface area contributed by atoms with Crippen molar-refractivity contribution < 1.29 is 27.4 Å². The summed E-state index contributed by atoms with van der Waals surface area (Å²) in [7, 11) is -0.860. The van der Waals surface area contributed by atoms with Crippen molar-refractivity contribution in [3.63, 3.8) is 0 Å². The summed E-state index contributed by atoms with van der Waals surface area (Å²) in [4.78, 5) is 0. The van der Waals surface area contributed by atoms with E-state index in [1.807, 2.05) is 0 Å². The molecule has 0 amide bonds. The van der Waals surface area contributed by atoms with E-state index in [1.54, 1.807) is 37.3 Å². The van der Waals surface area contributed by atoms with Crippen molar-refractivity contribution in [2.24, 2.45) is 5.92 Å². The van der Waals surface area contributed by atoms with Crippen molar-refractivity contribution in [2.45, 2.75) is 44.6 Å². The molecule has 2 N–H and O–H groups in total. The number of furan rings is 1. The van der Waals surface area contributed by atoms with Gasteiger partial charge in [-0.15, -0.1) is 10.2 Å². The van der Waals surface area contributed by atoms with Crippen molar-refractivity contribution in [3.8, 4) is 28.8 Å². The fraction of sp³-hybridized carbons (Fsp3) is 0.478. The van der Waals surface area contributed by atoms with Gasteiger partial charge in [0.2, 0.25) is 21.8 Å². The molecule has 1 aliphatic rings. The third kappa shape index (κ3) is 4.90. The van der Waals surface area contributed by atoms with Crippen LogP contribution in [0.1, 0.15) is 39.0 Å². The molecule has 34 heavy (non-hydrogen) atoms. The largest absolute Gasteiger partial charge is 0.494 e. The first-order valence-corrected chi connectivity index (χ1v) is 12.8. The van der Waals surface area contributed by atoms with Crippen LogP contribution in [0, 0.1) is 5.92 Å². The molecule has 0 aliphatic heterocycles. The van der Waals surface area contributed by atoms with Gasteiger partial charge in [-0.25, -0.2) is 8.42 Å². The minimum Gasteiger partial charge on any atom is -0.494 e. The lowest BCUT2D eigenvalue weighted by atomic mass is 9.86. The lowest BCUT2D eigenvalue weighted by Gasteiger charge is -2.30. The molecule has 11 heteroatoms. The zero-order chi connectivity index (χ0) is 24.3. The maximum absolute atomic E-state index is 13.1. The van der Waals surface area contributed by atoms with Crippen molar-refractivity contribution >= 4 is 16.0 Å². The Balaban J connectivity index is 1.70. The second-order valence-corrected chi connectivity index (χ2v) is 10.5. The fourth-order valence-electron chi connectivity index (χ4n) is 4.46. The van der Waals surface area contributed by atoms with E-state index in [4.69, 9.17) is 13.9 Å². The summed E-state index contributed by atoms with van der Waals surface area (Å²) < 4.78 is 46.7. The Hall–Kier alpha value is -3.05. The molecule has 1 aliphatic carbocycles. The quantitative estimate of drug-likeness (QED) is 0.441. The summed E-state index contributed by atoms with van der Waals surface area (Å²) in [6.07, 6.45) is 5.55. The van der Waals surface area contributed by atoms with Crippen LogP contribution >= 0.6 is 0 Å². The molecular formula is C23H30N4O6S. The predicted octanol–water partition coefficient (Wildman–Crippen LogP) is 3.62. The van der Waals surface area contributed by atoms with Crippen molar-refractivity contribution in [2.75, 3.05) is 24.7 Å². The van der Waals surface area contributed by atoms with Gasteiger partial charge in [-0.2, -0.15) is 0 Å². The minimum atomic E-state index is -3.87. The van der Waals surface area contributed by atoms with E-state index in [0.29, 0.717) is 22.9 Å². The number of benzene rings is 1. The van der Waals surface area contributed by atoms with E-state index in [9.17, 15) is 13.5 Å². The first kappa shape index (κ1) is 24.1. The average molecular weight is 491 g/mol. The summed E-state index contributed by atoms with van der Waals surface area (Å²) in [5.74, 6) is 1.30. The molecule has 184 valence electrons. The van der Waals surface area contributed by atoms with Gasteiger partial charge in [0.1, 0.15) is 17.2 Å². The van der Waals surface area contributed by atoms with Gasteiger partial charge in [0.05, 0.1) is 31.8 Å². The van der Waals surface area contributed by atoms with Crippen LogP contribution in [0.15, 0.2) is 41.0 Å². The van der Waals surface area contributed by atoms with Gasteiger partial charge in [-0.3, -0.25) is 9.29 Å². The Morgan fingerprint density at radius 1 is 1.15 bits per heavy atom. The van der Waals surface area contributed by atoms with E-state index < -0.39 is 15.6 Å². The second kappa shape index (κ2) is 9.67. The summed E-state index contributed by atoms with van der Waals surface area (Å²) >= 11 is 0. The second-order valence-electron chi connectivity index (χ2n) is 8.68. The number of hydrogen-bond donors (Lipinski definition) is 2. The van der Waals surface area contributed by atoms with Gasteiger partial charge in [0.15, 0.2) is 5.76 Å². The Kier molecular flexibility index (Phi) is 6.85. The zero-order valence-corrected chi connectivity index (χ0v) is 20.3. The summed E-state index contributed by atoms with van der Waals surface area (Å²) in [6.45, 7) is 1.72. The molecule has 2 heterocycles. The molecule has 0 spiro atoms. The van der Waals surface area contributed by atoms with Gasteiger partial charge >= 0.3 is 0 Å². The minimum absolute atomic E-state index is 0.0466. The number of hydrogen-bond acceptors (Lipinski definition) is 8. The number of nitrogens with zero attached hydrogens (tertiary/aromatic N) is 3. The fourth-order valence-corrected chi connectivity index (χ4v) is 5.66. The van der Waals surface area contributed by atoms with E-state index in [0.717, 1.165) is 25.7 Å². The molecule has 1 aromatic carbocycles. The molecule has 0 saturated heterocycles. The van der Waals surface area contributed by atoms with E-state index in [2.05, 4.69) is 14.9 Å². The Morgan fingerprint density at radius 2 is 1.82 bits per heavy atom. The van der Waals surface area contributed by atoms with Crippen LogP contribution in [-0.4, -0.2) is 53.9 Å². The predicted molar refractivity (Wildman–Crippen MR) is 127 cm³/mol. The monoisotopic (exact) mass is 490 g/mol. The molecule has 2 aromatic heterocycles. The highest BCUT2D eigenvalue weighted by atomic mass is 32.2. The smallest absolute Gasteiger partial charge is 0.243 e. The number of ether oxygens (including phenoxy) is 2. The highest BCUT2D eigenvalue weighted by molar-refractivity contribution is 7.92. The normalized spacial score (nSPS) is 16.4. The van der Waals surface area contributed by atoms with Crippen LogP contribution in [0.4, 0.5) is 5.95 Å². The first-order chi connectivity index (χ1) is 16.3. The van der Waals surface area contributed by atoms with Gasteiger partial charge < -0.3 is 19.0 Å². The Labute approximate surface area is 199 Å². The molecule has 0 unspecified atom stereocenters. The van der Waals surface area contributed by atoms with Crippen LogP contribution in [0.5, 0.6) is 11.5 Å². The third-order valence-electron chi connectivity index (χ3n) is 6.39. The van der Waals surface area contributed by atoms with E-state index in [1.165, 1.54) is 25.0 Å². The lowest BCUT2D eigenvalue weighted by molar-refractivity contribution is -0.00118. The average Bonchev–Trinajstić information content (AvgIpc) is 3.59. The molecule has 1 atom stereocenters. The Morgan fingerprint density at radius 3 is 2.41 bits per heavy atom. The SMILES string of the molecule is COc1cccc(OC)c1-n1c(NS(=O)(=O)CC[C@](C)(O)C2CCCC2)nnc1-c1ccco1. The van der Waals surface area contributed by atoms with Gasteiger partial charge in [-0.1, -0.05) is 18.9 Å². The van der Waals surface area contributed by atoms with Gasteiger partial charge in [0.25, 0.3) is 0 Å².